The van der Waals surface area contributed by atoms with Crippen molar-refractivity contribution in [1.29, 1.82) is 0 Å². The van der Waals surface area contributed by atoms with Crippen LogP contribution >= 0.6 is 0 Å². The number of rotatable bonds is 6. The van der Waals surface area contributed by atoms with Crippen LogP contribution in [0.5, 0.6) is 0 Å². The fourth-order valence-corrected chi connectivity index (χ4v) is 1.98. The average molecular weight is 359 g/mol. The second kappa shape index (κ2) is 8.32. The van der Waals surface area contributed by atoms with E-state index < -0.39 is 17.7 Å². The summed E-state index contributed by atoms with van der Waals surface area (Å²) in [6.07, 6.45) is -0.864. The zero-order chi connectivity index (χ0) is 19.2. The predicted molar refractivity (Wildman–Crippen MR) is 92.0 cm³/mol. The first-order valence-electron chi connectivity index (χ1n) is 8.06. The third kappa shape index (κ3) is 6.08. The number of aliphatic carboxylic acids is 1. The molecule has 9 heteroatoms. The molecule has 9 nitrogen and oxygen atoms in total. The average Bonchev–Trinajstić information content (AvgIpc) is 2.58. The fraction of sp³-hybridized carbons (Fsp3) is 0.412. The highest BCUT2D eigenvalue weighted by molar-refractivity contribution is 5.70. The molecule has 0 radical (unpaired) electrons. The second-order valence-electron chi connectivity index (χ2n) is 6.55. The van der Waals surface area contributed by atoms with E-state index in [-0.39, 0.29) is 25.3 Å². The SMILES string of the molecule is CC(C)(C)OC(=O)N(CCC(=O)O)Cc1nnc(-c2ccccc2)nn1. The van der Waals surface area contributed by atoms with Crippen molar-refractivity contribution in [2.24, 2.45) is 0 Å². The van der Waals surface area contributed by atoms with Crippen LogP contribution in [0.3, 0.4) is 0 Å². The van der Waals surface area contributed by atoms with Crippen molar-refractivity contribution in [3.05, 3.63) is 36.2 Å². The van der Waals surface area contributed by atoms with Crippen LogP contribution in [-0.4, -0.2) is 54.6 Å². The van der Waals surface area contributed by atoms with E-state index in [0.29, 0.717) is 5.82 Å². The van der Waals surface area contributed by atoms with Crippen molar-refractivity contribution < 1.29 is 19.4 Å². The quantitative estimate of drug-likeness (QED) is 0.833. The zero-order valence-electron chi connectivity index (χ0n) is 14.9. The summed E-state index contributed by atoms with van der Waals surface area (Å²) < 4.78 is 5.30. The normalized spacial score (nSPS) is 11.0. The summed E-state index contributed by atoms with van der Waals surface area (Å²) in [6.45, 7) is 5.11. The van der Waals surface area contributed by atoms with Gasteiger partial charge in [-0.05, 0) is 20.8 Å². The largest absolute Gasteiger partial charge is 0.481 e. The molecule has 0 aliphatic heterocycles. The summed E-state index contributed by atoms with van der Waals surface area (Å²) >= 11 is 0. The van der Waals surface area contributed by atoms with Gasteiger partial charge in [0.1, 0.15) is 5.60 Å². The molecule has 1 heterocycles. The van der Waals surface area contributed by atoms with E-state index in [1.807, 2.05) is 30.3 Å². The predicted octanol–water partition coefficient (Wildman–Crippen LogP) is 2.15. The molecule has 0 saturated heterocycles. The Morgan fingerprint density at radius 3 is 2.23 bits per heavy atom. The highest BCUT2D eigenvalue weighted by atomic mass is 16.6. The van der Waals surface area contributed by atoms with Gasteiger partial charge in [-0.2, -0.15) is 0 Å². The lowest BCUT2D eigenvalue weighted by Crippen LogP contribution is -2.38. The van der Waals surface area contributed by atoms with Crippen LogP contribution in [-0.2, 0) is 16.1 Å². The maximum atomic E-state index is 12.3. The molecule has 138 valence electrons. The monoisotopic (exact) mass is 359 g/mol. The molecule has 1 aromatic carbocycles. The lowest BCUT2D eigenvalue weighted by atomic mass is 10.2. The minimum atomic E-state index is -1.02. The van der Waals surface area contributed by atoms with E-state index in [1.54, 1.807) is 20.8 Å². The van der Waals surface area contributed by atoms with Crippen LogP contribution in [0, 0.1) is 0 Å². The van der Waals surface area contributed by atoms with Gasteiger partial charge in [0.2, 0.25) is 5.82 Å². The summed E-state index contributed by atoms with van der Waals surface area (Å²) in [5.41, 5.74) is 0.0708. The topological polar surface area (TPSA) is 118 Å². The number of carboxylic acids is 1. The fourth-order valence-electron chi connectivity index (χ4n) is 1.98. The first kappa shape index (κ1) is 19.2. The Balaban J connectivity index is 2.11. The number of ether oxygens (including phenoxy) is 1. The number of carboxylic acid groups (broad SMARTS) is 1. The van der Waals surface area contributed by atoms with Gasteiger partial charge in [-0.15, -0.1) is 20.4 Å². The van der Waals surface area contributed by atoms with E-state index >= 15 is 0 Å². The van der Waals surface area contributed by atoms with E-state index in [2.05, 4.69) is 20.4 Å². The number of carbonyl (C=O) groups is 2. The molecular formula is C17H21N5O4. The first-order valence-corrected chi connectivity index (χ1v) is 8.06. The van der Waals surface area contributed by atoms with E-state index in [4.69, 9.17) is 9.84 Å². The summed E-state index contributed by atoms with van der Waals surface area (Å²) in [6, 6.07) is 9.24. The van der Waals surface area contributed by atoms with Gasteiger partial charge in [-0.25, -0.2) is 4.79 Å². The minimum absolute atomic E-state index is 0.0337. The maximum absolute atomic E-state index is 12.3. The van der Waals surface area contributed by atoms with Gasteiger partial charge < -0.3 is 9.84 Å². The van der Waals surface area contributed by atoms with Crippen molar-refractivity contribution >= 4 is 12.1 Å². The summed E-state index contributed by atoms with van der Waals surface area (Å²) in [7, 11) is 0. The number of amides is 1. The van der Waals surface area contributed by atoms with Crippen LogP contribution in [0.25, 0.3) is 11.4 Å². The molecule has 2 aromatic rings. The Hall–Kier alpha value is -3.10. The Bertz CT molecular complexity index is 744. The highest BCUT2D eigenvalue weighted by Gasteiger charge is 2.24. The van der Waals surface area contributed by atoms with Gasteiger partial charge in [0, 0.05) is 12.1 Å². The second-order valence-corrected chi connectivity index (χ2v) is 6.55. The molecule has 0 aliphatic rings. The number of hydrogen-bond donors (Lipinski definition) is 1. The number of carbonyl (C=O) groups excluding carboxylic acids is 1. The molecular weight excluding hydrogens is 338 g/mol. The standard InChI is InChI=1S/C17H21N5O4/c1-17(2,3)26-16(25)22(10-9-14(23)24)11-13-18-20-15(21-19-13)12-7-5-4-6-8-12/h4-8H,9-11H2,1-3H3,(H,23,24). The van der Waals surface area contributed by atoms with Crippen molar-refractivity contribution in [3.8, 4) is 11.4 Å². The van der Waals surface area contributed by atoms with E-state index in [0.717, 1.165) is 5.56 Å². The highest BCUT2D eigenvalue weighted by Crippen LogP contribution is 2.13. The molecule has 0 bridgehead atoms. The molecule has 1 amide bonds. The third-order valence-corrected chi connectivity index (χ3v) is 3.13. The maximum Gasteiger partial charge on any atom is 0.410 e. The number of aromatic nitrogens is 4. The Morgan fingerprint density at radius 2 is 1.69 bits per heavy atom. The molecule has 0 spiro atoms. The molecule has 0 fully saturated rings. The number of hydrogen-bond acceptors (Lipinski definition) is 7. The molecule has 0 unspecified atom stereocenters. The van der Waals surface area contributed by atoms with Gasteiger partial charge in [0.25, 0.3) is 0 Å². The minimum Gasteiger partial charge on any atom is -0.481 e. The van der Waals surface area contributed by atoms with Crippen LogP contribution < -0.4 is 0 Å². The van der Waals surface area contributed by atoms with Crippen LogP contribution in [0.2, 0.25) is 0 Å². The lowest BCUT2D eigenvalue weighted by molar-refractivity contribution is -0.137. The van der Waals surface area contributed by atoms with Crippen molar-refractivity contribution in [2.45, 2.75) is 39.3 Å². The molecule has 2 rings (SSSR count). The van der Waals surface area contributed by atoms with Crippen molar-refractivity contribution in [1.82, 2.24) is 25.3 Å². The lowest BCUT2D eigenvalue weighted by Gasteiger charge is -2.26. The Labute approximate surface area is 151 Å². The van der Waals surface area contributed by atoms with Crippen LogP contribution in [0.1, 0.15) is 33.0 Å². The first-order chi connectivity index (χ1) is 12.2. The van der Waals surface area contributed by atoms with Crippen molar-refractivity contribution in [3.63, 3.8) is 0 Å². The van der Waals surface area contributed by atoms with Crippen molar-refractivity contribution in [2.75, 3.05) is 6.54 Å². The molecule has 1 N–H and O–H groups in total. The molecule has 26 heavy (non-hydrogen) atoms. The molecule has 1 aromatic heterocycles. The van der Waals surface area contributed by atoms with Gasteiger partial charge in [0.05, 0.1) is 13.0 Å². The molecule has 0 saturated carbocycles. The van der Waals surface area contributed by atoms with Gasteiger partial charge in [0.15, 0.2) is 5.82 Å². The number of benzene rings is 1. The summed E-state index contributed by atoms with van der Waals surface area (Å²) in [5.74, 6) is -0.459. The Morgan fingerprint density at radius 1 is 1.08 bits per heavy atom. The van der Waals surface area contributed by atoms with Gasteiger partial charge in [-0.3, -0.25) is 9.69 Å². The summed E-state index contributed by atoms with van der Waals surface area (Å²) in [5, 5.41) is 24.9. The van der Waals surface area contributed by atoms with Gasteiger partial charge >= 0.3 is 12.1 Å². The molecule has 0 atom stereocenters. The Kier molecular flexibility index (Phi) is 6.16. The van der Waals surface area contributed by atoms with Crippen LogP contribution in [0.4, 0.5) is 4.79 Å². The van der Waals surface area contributed by atoms with E-state index in [1.165, 1.54) is 4.90 Å². The van der Waals surface area contributed by atoms with Crippen LogP contribution in [0.15, 0.2) is 30.3 Å². The smallest absolute Gasteiger partial charge is 0.410 e. The third-order valence-electron chi connectivity index (χ3n) is 3.13. The van der Waals surface area contributed by atoms with Gasteiger partial charge in [-0.1, -0.05) is 30.3 Å². The zero-order valence-corrected chi connectivity index (χ0v) is 14.9. The molecule has 0 aliphatic carbocycles. The summed E-state index contributed by atoms with van der Waals surface area (Å²) in [4.78, 5) is 24.3. The number of nitrogens with zero attached hydrogens (tertiary/aromatic N) is 5. The van der Waals surface area contributed by atoms with E-state index in [9.17, 15) is 9.59 Å².